The highest BCUT2D eigenvalue weighted by Gasteiger charge is 2.14. The first kappa shape index (κ1) is 14.6. The van der Waals surface area contributed by atoms with Crippen LogP contribution in [0.25, 0.3) is 0 Å². The zero-order valence-electron chi connectivity index (χ0n) is 12.0. The van der Waals surface area contributed by atoms with E-state index in [0.717, 1.165) is 18.2 Å². The second-order valence-electron chi connectivity index (χ2n) is 5.13. The van der Waals surface area contributed by atoms with E-state index in [9.17, 15) is 0 Å². The van der Waals surface area contributed by atoms with Gasteiger partial charge < -0.3 is 10.6 Å². The Labute approximate surface area is 121 Å². The van der Waals surface area contributed by atoms with E-state index in [1.807, 2.05) is 24.3 Å². The van der Waals surface area contributed by atoms with Gasteiger partial charge in [0.2, 0.25) is 0 Å². The highest BCUT2D eigenvalue weighted by Crippen LogP contribution is 2.17. The monoisotopic (exact) mass is 272 g/mol. The summed E-state index contributed by atoms with van der Waals surface area (Å²) in [7, 11) is 0. The topological polar surface area (TPSA) is 49.3 Å². The van der Waals surface area contributed by atoms with Crippen LogP contribution in [0, 0.1) is 0 Å². The molecule has 1 aliphatic rings. The van der Waals surface area contributed by atoms with Gasteiger partial charge in [-0.25, -0.2) is 4.99 Å². The van der Waals surface area contributed by atoms with Crippen molar-refractivity contribution in [3.8, 4) is 0 Å². The molecule has 0 spiro atoms. The molecule has 1 aromatic heterocycles. The maximum Gasteiger partial charge on any atom is 0.192 e. The van der Waals surface area contributed by atoms with Crippen LogP contribution in [0.15, 0.2) is 42.0 Å². The normalized spacial score (nSPS) is 16.7. The minimum absolute atomic E-state index is 0.545. The number of aliphatic imine (C=N–C) groups is 1. The maximum absolute atomic E-state index is 4.61. The van der Waals surface area contributed by atoms with Gasteiger partial charge in [0, 0.05) is 18.8 Å². The van der Waals surface area contributed by atoms with E-state index in [-0.39, 0.29) is 0 Å². The van der Waals surface area contributed by atoms with Gasteiger partial charge in [-0.1, -0.05) is 31.4 Å². The number of hydrogen-bond acceptors (Lipinski definition) is 2. The molecule has 0 aromatic carbocycles. The van der Waals surface area contributed by atoms with Crippen molar-refractivity contribution in [1.29, 1.82) is 0 Å². The highest BCUT2D eigenvalue weighted by molar-refractivity contribution is 5.80. The zero-order valence-corrected chi connectivity index (χ0v) is 12.0. The van der Waals surface area contributed by atoms with Gasteiger partial charge in [-0.3, -0.25) is 4.98 Å². The highest BCUT2D eigenvalue weighted by atomic mass is 15.2. The van der Waals surface area contributed by atoms with E-state index in [0.29, 0.717) is 12.6 Å². The van der Waals surface area contributed by atoms with E-state index in [1.54, 1.807) is 6.20 Å². The molecule has 0 bridgehead atoms. The molecule has 1 saturated carbocycles. The average Bonchev–Trinajstić information content (AvgIpc) is 2.52. The number of guanidine groups is 1. The van der Waals surface area contributed by atoms with Crippen molar-refractivity contribution in [3.63, 3.8) is 0 Å². The Morgan fingerprint density at radius 1 is 1.35 bits per heavy atom. The van der Waals surface area contributed by atoms with Crippen molar-refractivity contribution in [3.05, 3.63) is 42.7 Å². The molecule has 20 heavy (non-hydrogen) atoms. The molecule has 108 valence electrons. The van der Waals surface area contributed by atoms with Gasteiger partial charge in [-0.05, 0) is 25.0 Å². The zero-order chi connectivity index (χ0) is 14.0. The quantitative estimate of drug-likeness (QED) is 0.492. The van der Waals surface area contributed by atoms with Crippen LogP contribution in [0.1, 0.15) is 37.8 Å². The van der Waals surface area contributed by atoms with Crippen LogP contribution in [0.5, 0.6) is 0 Å². The van der Waals surface area contributed by atoms with Crippen molar-refractivity contribution in [2.75, 3.05) is 6.54 Å². The van der Waals surface area contributed by atoms with Gasteiger partial charge in [0.25, 0.3) is 0 Å². The summed E-state index contributed by atoms with van der Waals surface area (Å²) >= 11 is 0. The average molecular weight is 272 g/mol. The fraction of sp³-hybridized carbons (Fsp3) is 0.500. The van der Waals surface area contributed by atoms with E-state index < -0.39 is 0 Å². The van der Waals surface area contributed by atoms with E-state index in [4.69, 9.17) is 0 Å². The standard InChI is InChI=1S/C16H24N4/c1-2-11-18-16(20-14-8-4-3-5-9-14)19-13-15-10-6-7-12-17-15/h2,6-7,10,12,14H,1,3-5,8-9,11,13H2,(H2,18,19,20). The Bertz CT molecular complexity index is 421. The summed E-state index contributed by atoms with van der Waals surface area (Å²) in [5.41, 5.74) is 0.982. The first-order chi connectivity index (χ1) is 9.88. The summed E-state index contributed by atoms with van der Waals surface area (Å²) in [4.78, 5) is 8.90. The van der Waals surface area contributed by atoms with Crippen LogP contribution < -0.4 is 10.6 Å². The van der Waals surface area contributed by atoms with Crippen molar-refractivity contribution < 1.29 is 0 Å². The summed E-state index contributed by atoms with van der Waals surface area (Å²) in [6.07, 6.45) is 10.1. The number of nitrogens with zero attached hydrogens (tertiary/aromatic N) is 2. The molecule has 0 radical (unpaired) electrons. The minimum Gasteiger partial charge on any atom is -0.354 e. The molecule has 1 aromatic rings. The molecule has 1 heterocycles. The number of hydrogen-bond donors (Lipinski definition) is 2. The minimum atomic E-state index is 0.545. The second kappa shape index (κ2) is 8.35. The summed E-state index contributed by atoms with van der Waals surface area (Å²) < 4.78 is 0. The van der Waals surface area contributed by atoms with Gasteiger partial charge in [0.15, 0.2) is 5.96 Å². The third-order valence-corrected chi connectivity index (χ3v) is 3.49. The van der Waals surface area contributed by atoms with Gasteiger partial charge in [0.05, 0.1) is 12.2 Å². The fourth-order valence-electron chi connectivity index (χ4n) is 2.41. The molecular weight excluding hydrogens is 248 g/mol. The SMILES string of the molecule is C=CCNC(=NCc1ccccn1)NC1CCCCC1. The summed E-state index contributed by atoms with van der Waals surface area (Å²) in [6, 6.07) is 6.45. The number of pyridine rings is 1. The predicted octanol–water partition coefficient (Wildman–Crippen LogP) is 2.64. The van der Waals surface area contributed by atoms with Crippen LogP contribution in [-0.2, 0) is 6.54 Å². The van der Waals surface area contributed by atoms with Gasteiger partial charge in [-0.15, -0.1) is 6.58 Å². The lowest BCUT2D eigenvalue weighted by Crippen LogP contribution is -2.44. The van der Waals surface area contributed by atoms with Gasteiger partial charge >= 0.3 is 0 Å². The molecule has 0 aliphatic heterocycles. The van der Waals surface area contributed by atoms with E-state index >= 15 is 0 Å². The summed E-state index contributed by atoms with van der Waals surface area (Å²) in [5, 5.41) is 6.80. The predicted molar refractivity (Wildman–Crippen MR) is 83.6 cm³/mol. The van der Waals surface area contributed by atoms with Crippen LogP contribution >= 0.6 is 0 Å². The maximum atomic E-state index is 4.61. The fourth-order valence-corrected chi connectivity index (χ4v) is 2.41. The van der Waals surface area contributed by atoms with Crippen LogP contribution in [0.3, 0.4) is 0 Å². The van der Waals surface area contributed by atoms with Crippen molar-refractivity contribution in [2.24, 2.45) is 4.99 Å². The molecule has 1 fully saturated rings. The lowest BCUT2D eigenvalue weighted by atomic mass is 9.96. The Hall–Kier alpha value is -1.84. The Kier molecular flexibility index (Phi) is 6.08. The first-order valence-electron chi connectivity index (χ1n) is 7.44. The molecule has 1 aliphatic carbocycles. The van der Waals surface area contributed by atoms with Gasteiger partial charge in [0.1, 0.15) is 0 Å². The third-order valence-electron chi connectivity index (χ3n) is 3.49. The summed E-state index contributed by atoms with van der Waals surface area (Å²) in [6.45, 7) is 5.06. The van der Waals surface area contributed by atoms with Crippen LogP contribution in [0.2, 0.25) is 0 Å². The second-order valence-corrected chi connectivity index (χ2v) is 5.13. The molecule has 2 rings (SSSR count). The molecule has 0 saturated heterocycles. The van der Waals surface area contributed by atoms with Gasteiger partial charge in [-0.2, -0.15) is 0 Å². The molecule has 4 nitrogen and oxygen atoms in total. The Morgan fingerprint density at radius 2 is 2.20 bits per heavy atom. The lowest BCUT2D eigenvalue weighted by Gasteiger charge is -2.24. The van der Waals surface area contributed by atoms with E-state index in [2.05, 4.69) is 27.2 Å². The smallest absolute Gasteiger partial charge is 0.192 e. The van der Waals surface area contributed by atoms with Crippen LogP contribution in [0.4, 0.5) is 0 Å². The molecule has 4 heteroatoms. The molecule has 0 unspecified atom stereocenters. The molecule has 0 amide bonds. The van der Waals surface area contributed by atoms with Crippen molar-refractivity contribution >= 4 is 5.96 Å². The lowest BCUT2D eigenvalue weighted by molar-refractivity contribution is 0.410. The Morgan fingerprint density at radius 3 is 2.90 bits per heavy atom. The Balaban J connectivity index is 1.92. The number of rotatable bonds is 5. The number of nitrogens with one attached hydrogen (secondary N) is 2. The van der Waals surface area contributed by atoms with Crippen molar-refractivity contribution in [1.82, 2.24) is 15.6 Å². The largest absolute Gasteiger partial charge is 0.354 e. The van der Waals surface area contributed by atoms with Crippen LogP contribution in [-0.4, -0.2) is 23.5 Å². The summed E-state index contributed by atoms with van der Waals surface area (Å²) in [5.74, 6) is 0.863. The third kappa shape index (κ3) is 5.03. The van der Waals surface area contributed by atoms with Crippen molar-refractivity contribution in [2.45, 2.75) is 44.7 Å². The first-order valence-corrected chi connectivity index (χ1v) is 7.44. The molecule has 2 N–H and O–H groups in total. The number of aromatic nitrogens is 1. The molecular formula is C16H24N4. The van der Waals surface area contributed by atoms with E-state index in [1.165, 1.54) is 32.1 Å². The molecule has 0 atom stereocenters.